The van der Waals surface area contributed by atoms with E-state index in [1.807, 2.05) is 0 Å². The topological polar surface area (TPSA) is 76.7 Å². The minimum atomic E-state index is -0.0859. The third-order valence-electron chi connectivity index (χ3n) is 2.56. The molecule has 0 unspecified atom stereocenters. The van der Waals surface area contributed by atoms with Gasteiger partial charge in [0.15, 0.2) is 0 Å². The first-order valence-corrected chi connectivity index (χ1v) is 7.16. The summed E-state index contributed by atoms with van der Waals surface area (Å²) < 4.78 is 9.65. The van der Waals surface area contributed by atoms with Crippen LogP contribution in [0, 0.1) is 0 Å². The number of rotatable bonds is 5. The van der Waals surface area contributed by atoms with Gasteiger partial charge in [-0.25, -0.2) is 0 Å². The van der Waals surface area contributed by atoms with E-state index >= 15 is 0 Å². The van der Waals surface area contributed by atoms with Gasteiger partial charge in [-0.05, 0) is 24.5 Å². The highest BCUT2D eigenvalue weighted by Gasteiger charge is 2.26. The van der Waals surface area contributed by atoms with Crippen molar-refractivity contribution in [3.8, 4) is 10.8 Å². The predicted octanol–water partition coefficient (Wildman–Crippen LogP) is 2.39. The fourth-order valence-corrected chi connectivity index (χ4v) is 2.41. The number of hydrogen-bond acceptors (Lipinski definition) is 7. The van der Waals surface area contributed by atoms with Crippen molar-refractivity contribution in [3.63, 3.8) is 0 Å². The molecule has 104 valence electrons. The van der Waals surface area contributed by atoms with Crippen molar-refractivity contribution in [3.05, 3.63) is 11.6 Å². The molecule has 19 heavy (non-hydrogen) atoms. The van der Waals surface area contributed by atoms with E-state index in [1.54, 1.807) is 0 Å². The van der Waals surface area contributed by atoms with Gasteiger partial charge in [0.1, 0.15) is 4.88 Å². The summed E-state index contributed by atoms with van der Waals surface area (Å²) in [6.07, 6.45) is 1.08. The number of aromatic nitrogens is 4. The minimum Gasteiger partial charge on any atom is -0.418 e. The molecule has 1 N–H and O–H groups in total. The second kappa shape index (κ2) is 5.75. The minimum absolute atomic E-state index is 0.0859. The molecule has 0 atom stereocenters. The van der Waals surface area contributed by atoms with Crippen LogP contribution in [0.4, 0.5) is 0 Å². The van der Waals surface area contributed by atoms with Gasteiger partial charge in [-0.1, -0.05) is 32.2 Å². The average Bonchev–Trinajstić information content (AvgIpc) is 2.96. The van der Waals surface area contributed by atoms with Crippen LogP contribution in [0.3, 0.4) is 0 Å². The molecule has 6 nitrogen and oxygen atoms in total. The zero-order valence-corrected chi connectivity index (χ0v) is 12.5. The maximum Gasteiger partial charge on any atom is 0.261 e. The number of hydrogen-bond donors (Lipinski definition) is 1. The third-order valence-corrected chi connectivity index (χ3v) is 3.28. The summed E-state index contributed by atoms with van der Waals surface area (Å²) in [5.41, 5.74) is 0.812. The highest BCUT2D eigenvalue weighted by atomic mass is 32.1. The van der Waals surface area contributed by atoms with Gasteiger partial charge in [-0.15, -0.1) is 15.3 Å². The molecule has 2 rings (SSSR count). The van der Waals surface area contributed by atoms with Gasteiger partial charge in [-0.3, -0.25) is 0 Å². The molecule has 2 aromatic rings. The van der Waals surface area contributed by atoms with Crippen molar-refractivity contribution in [1.29, 1.82) is 0 Å². The normalized spacial score (nSPS) is 12.0. The zero-order valence-electron chi connectivity index (χ0n) is 11.7. The van der Waals surface area contributed by atoms with Gasteiger partial charge in [0.2, 0.25) is 5.89 Å². The summed E-state index contributed by atoms with van der Waals surface area (Å²) in [4.78, 5) is 0.863. The molecule has 0 radical (unpaired) electrons. The summed E-state index contributed by atoms with van der Waals surface area (Å²) >= 11 is 1.29. The van der Waals surface area contributed by atoms with Crippen molar-refractivity contribution >= 4 is 11.5 Å². The first-order chi connectivity index (χ1) is 9.02. The molecular weight excluding hydrogens is 262 g/mol. The lowest BCUT2D eigenvalue weighted by Crippen LogP contribution is -2.13. The maximum atomic E-state index is 5.66. The number of nitrogens with one attached hydrogen (secondary N) is 1. The molecule has 0 aliphatic carbocycles. The van der Waals surface area contributed by atoms with E-state index in [9.17, 15) is 0 Å². The van der Waals surface area contributed by atoms with Crippen LogP contribution in [0.2, 0.25) is 0 Å². The molecule has 0 aromatic carbocycles. The summed E-state index contributed by atoms with van der Waals surface area (Å²) in [7, 11) is 0. The Morgan fingerprint density at radius 3 is 2.68 bits per heavy atom. The highest BCUT2D eigenvalue weighted by Crippen LogP contribution is 2.32. The summed E-state index contributed by atoms with van der Waals surface area (Å²) in [5.74, 6) is 1.10. The van der Waals surface area contributed by atoms with E-state index in [4.69, 9.17) is 4.42 Å². The van der Waals surface area contributed by atoms with Crippen LogP contribution in [-0.4, -0.2) is 26.3 Å². The second-order valence-corrected chi connectivity index (χ2v) is 6.13. The van der Waals surface area contributed by atoms with Gasteiger partial charge in [0.25, 0.3) is 5.89 Å². The van der Waals surface area contributed by atoms with Crippen molar-refractivity contribution < 1.29 is 4.42 Å². The Labute approximate surface area is 116 Å². The first kappa shape index (κ1) is 14.1. The van der Waals surface area contributed by atoms with Crippen LogP contribution in [0.5, 0.6) is 0 Å². The highest BCUT2D eigenvalue weighted by molar-refractivity contribution is 7.09. The Bertz CT molecular complexity index is 528. The number of nitrogens with zero attached hydrogens (tertiary/aromatic N) is 4. The fourth-order valence-electron chi connectivity index (χ4n) is 1.61. The second-order valence-electron chi connectivity index (χ2n) is 5.38. The van der Waals surface area contributed by atoms with Crippen molar-refractivity contribution in [1.82, 2.24) is 25.1 Å². The SMILES string of the molecule is CCCNCc1nnc(-c2snnc2C(C)(C)C)o1. The quantitative estimate of drug-likeness (QED) is 0.848. The lowest BCUT2D eigenvalue weighted by Gasteiger charge is -2.14. The molecular formula is C12H19N5OS. The van der Waals surface area contributed by atoms with E-state index in [0.29, 0.717) is 18.3 Å². The Balaban J connectivity index is 2.17. The smallest absolute Gasteiger partial charge is 0.261 e. The van der Waals surface area contributed by atoms with E-state index in [-0.39, 0.29) is 5.41 Å². The molecule has 2 heterocycles. The molecule has 0 bridgehead atoms. The van der Waals surface area contributed by atoms with Crippen LogP contribution >= 0.6 is 11.5 Å². The van der Waals surface area contributed by atoms with Crippen LogP contribution in [0.25, 0.3) is 10.8 Å². The molecule has 0 saturated carbocycles. The Morgan fingerprint density at radius 2 is 2.00 bits per heavy atom. The van der Waals surface area contributed by atoms with Crippen LogP contribution < -0.4 is 5.32 Å². The standard InChI is InChI=1S/C12H19N5OS/c1-5-6-13-7-8-14-16-11(18-8)9-10(12(2,3)4)15-17-19-9/h13H,5-7H2,1-4H3. The summed E-state index contributed by atoms with van der Waals surface area (Å²) in [6.45, 7) is 9.92. The van der Waals surface area contributed by atoms with Crippen molar-refractivity contribution in [2.75, 3.05) is 6.54 Å². The molecule has 7 heteroatoms. The summed E-state index contributed by atoms with van der Waals surface area (Å²) in [6, 6.07) is 0. The zero-order chi connectivity index (χ0) is 13.9. The largest absolute Gasteiger partial charge is 0.418 e. The van der Waals surface area contributed by atoms with E-state index in [1.165, 1.54) is 11.5 Å². The van der Waals surface area contributed by atoms with Crippen LogP contribution in [0.15, 0.2) is 4.42 Å². The van der Waals surface area contributed by atoms with E-state index in [2.05, 4.69) is 52.8 Å². The molecule has 0 aliphatic heterocycles. The van der Waals surface area contributed by atoms with E-state index < -0.39 is 0 Å². The lowest BCUT2D eigenvalue weighted by molar-refractivity contribution is 0.476. The third kappa shape index (κ3) is 3.36. The first-order valence-electron chi connectivity index (χ1n) is 6.38. The van der Waals surface area contributed by atoms with Crippen LogP contribution in [0.1, 0.15) is 45.7 Å². The fraction of sp³-hybridized carbons (Fsp3) is 0.667. The Hall–Kier alpha value is -1.34. The summed E-state index contributed by atoms with van der Waals surface area (Å²) in [5, 5.41) is 15.5. The van der Waals surface area contributed by atoms with Gasteiger partial charge >= 0.3 is 0 Å². The average molecular weight is 281 g/mol. The molecule has 2 aromatic heterocycles. The maximum absolute atomic E-state index is 5.66. The monoisotopic (exact) mass is 281 g/mol. The van der Waals surface area contributed by atoms with E-state index in [0.717, 1.165) is 23.5 Å². The predicted molar refractivity (Wildman–Crippen MR) is 73.9 cm³/mol. The van der Waals surface area contributed by atoms with Crippen molar-refractivity contribution in [2.24, 2.45) is 0 Å². The molecule has 0 fully saturated rings. The molecule has 0 spiro atoms. The van der Waals surface area contributed by atoms with Crippen molar-refractivity contribution in [2.45, 2.75) is 46.1 Å². The van der Waals surface area contributed by atoms with Gasteiger partial charge in [0, 0.05) is 5.41 Å². The molecule has 0 aliphatic rings. The molecule has 0 saturated heterocycles. The Morgan fingerprint density at radius 1 is 1.21 bits per heavy atom. The lowest BCUT2D eigenvalue weighted by atomic mass is 9.91. The van der Waals surface area contributed by atoms with Gasteiger partial charge in [-0.2, -0.15) is 0 Å². The van der Waals surface area contributed by atoms with Gasteiger partial charge in [0.05, 0.1) is 12.2 Å². The van der Waals surface area contributed by atoms with Gasteiger partial charge < -0.3 is 9.73 Å². The molecule has 0 amide bonds. The van der Waals surface area contributed by atoms with Crippen LogP contribution in [-0.2, 0) is 12.0 Å². The Kier molecular flexibility index (Phi) is 4.26.